The molecule has 2 N–H and O–H groups in total. The lowest BCUT2D eigenvalue weighted by Gasteiger charge is -2.11. The van der Waals surface area contributed by atoms with E-state index in [2.05, 4.69) is 46.5 Å². The highest BCUT2D eigenvalue weighted by molar-refractivity contribution is 14.0. The molecule has 0 aromatic carbocycles. The topological polar surface area (TPSA) is 75.3 Å². The third kappa shape index (κ3) is 9.97. The summed E-state index contributed by atoms with van der Waals surface area (Å²) in [7, 11) is 0. The van der Waals surface area contributed by atoms with Crippen LogP contribution >= 0.6 is 24.0 Å². The molecule has 0 saturated carbocycles. The summed E-state index contributed by atoms with van der Waals surface area (Å²) in [6, 6.07) is 0. The summed E-state index contributed by atoms with van der Waals surface area (Å²) < 4.78 is 5.08. The predicted molar refractivity (Wildman–Crippen MR) is 101 cm³/mol. The molecule has 1 heterocycles. The standard InChI is InChI=1S/C15H29N5O.HI/c1-5-16-15(17-10-6-8-12(2)3)18-11-7-9-14-19-13(4)20-21-14;/h12H,5-11H2,1-4H3,(H2,16,17,18);1H. The average molecular weight is 423 g/mol. The first-order valence-electron chi connectivity index (χ1n) is 7.93. The van der Waals surface area contributed by atoms with Gasteiger partial charge in [0.25, 0.3) is 0 Å². The van der Waals surface area contributed by atoms with Crippen LogP contribution < -0.4 is 10.6 Å². The maximum Gasteiger partial charge on any atom is 0.226 e. The van der Waals surface area contributed by atoms with Crippen LogP contribution in [0.15, 0.2) is 9.52 Å². The Balaban J connectivity index is 0.00000441. The SMILES string of the molecule is CCNC(=NCCCc1nc(C)no1)NCCCC(C)C.I. The molecule has 0 spiro atoms. The van der Waals surface area contributed by atoms with Crippen LogP contribution in [0.1, 0.15) is 51.7 Å². The van der Waals surface area contributed by atoms with E-state index in [0.29, 0.717) is 11.7 Å². The quantitative estimate of drug-likeness (QED) is 0.277. The number of aromatic nitrogens is 2. The molecule has 1 aromatic rings. The monoisotopic (exact) mass is 423 g/mol. The average Bonchev–Trinajstić information content (AvgIpc) is 2.85. The zero-order valence-electron chi connectivity index (χ0n) is 14.2. The van der Waals surface area contributed by atoms with E-state index in [-0.39, 0.29) is 24.0 Å². The van der Waals surface area contributed by atoms with Gasteiger partial charge in [0.15, 0.2) is 11.8 Å². The van der Waals surface area contributed by atoms with E-state index in [1.807, 2.05) is 6.92 Å². The van der Waals surface area contributed by atoms with E-state index in [0.717, 1.165) is 44.4 Å². The summed E-state index contributed by atoms with van der Waals surface area (Å²) in [4.78, 5) is 8.74. The van der Waals surface area contributed by atoms with Crippen molar-refractivity contribution in [3.8, 4) is 0 Å². The van der Waals surface area contributed by atoms with Crippen LogP contribution in [0.5, 0.6) is 0 Å². The first-order valence-corrected chi connectivity index (χ1v) is 7.93. The molecule has 0 aliphatic rings. The third-order valence-electron chi connectivity index (χ3n) is 2.98. The Bertz CT molecular complexity index is 420. The zero-order valence-corrected chi connectivity index (χ0v) is 16.5. The van der Waals surface area contributed by atoms with Gasteiger partial charge in [0.1, 0.15) is 0 Å². The van der Waals surface area contributed by atoms with Gasteiger partial charge < -0.3 is 15.2 Å². The molecular formula is C15H30IN5O. The van der Waals surface area contributed by atoms with E-state index in [4.69, 9.17) is 4.52 Å². The molecule has 0 unspecified atom stereocenters. The first kappa shape index (κ1) is 21.1. The second kappa shape index (κ2) is 12.7. The summed E-state index contributed by atoms with van der Waals surface area (Å²) in [6.45, 7) is 11.0. The van der Waals surface area contributed by atoms with Gasteiger partial charge in [-0.2, -0.15) is 4.98 Å². The number of aryl methyl sites for hydroxylation is 2. The fraction of sp³-hybridized carbons (Fsp3) is 0.800. The van der Waals surface area contributed by atoms with E-state index in [1.54, 1.807) is 0 Å². The minimum atomic E-state index is 0. The van der Waals surface area contributed by atoms with Gasteiger partial charge in [0.05, 0.1) is 0 Å². The Morgan fingerprint density at radius 3 is 2.64 bits per heavy atom. The molecule has 22 heavy (non-hydrogen) atoms. The van der Waals surface area contributed by atoms with Gasteiger partial charge in [-0.25, -0.2) is 0 Å². The molecule has 0 amide bonds. The largest absolute Gasteiger partial charge is 0.357 e. The van der Waals surface area contributed by atoms with Crippen molar-refractivity contribution in [2.45, 2.75) is 53.4 Å². The lowest BCUT2D eigenvalue weighted by Crippen LogP contribution is -2.38. The van der Waals surface area contributed by atoms with Crippen LogP contribution in [0.2, 0.25) is 0 Å². The minimum Gasteiger partial charge on any atom is -0.357 e. The maximum absolute atomic E-state index is 5.08. The van der Waals surface area contributed by atoms with Crippen molar-refractivity contribution in [3.05, 3.63) is 11.7 Å². The van der Waals surface area contributed by atoms with E-state index in [1.165, 1.54) is 12.8 Å². The number of halogens is 1. The summed E-state index contributed by atoms with van der Waals surface area (Å²) >= 11 is 0. The normalized spacial score (nSPS) is 11.4. The van der Waals surface area contributed by atoms with Crippen LogP contribution in [-0.2, 0) is 6.42 Å². The van der Waals surface area contributed by atoms with E-state index >= 15 is 0 Å². The smallest absolute Gasteiger partial charge is 0.226 e. The number of rotatable bonds is 9. The predicted octanol–water partition coefficient (Wildman–Crippen LogP) is 2.92. The van der Waals surface area contributed by atoms with Gasteiger partial charge in [0.2, 0.25) is 5.89 Å². The summed E-state index contributed by atoms with van der Waals surface area (Å²) in [6.07, 6.45) is 4.09. The summed E-state index contributed by atoms with van der Waals surface area (Å²) in [5.41, 5.74) is 0. The Kier molecular flexibility index (Phi) is 12.2. The third-order valence-corrected chi connectivity index (χ3v) is 2.98. The molecule has 0 aliphatic heterocycles. The molecular weight excluding hydrogens is 393 g/mol. The highest BCUT2D eigenvalue weighted by Crippen LogP contribution is 2.02. The number of aliphatic imine (C=N–C) groups is 1. The van der Waals surface area contributed by atoms with Crippen molar-refractivity contribution < 1.29 is 4.52 Å². The molecule has 0 bridgehead atoms. The van der Waals surface area contributed by atoms with Gasteiger partial charge in [-0.05, 0) is 39.0 Å². The molecule has 0 radical (unpaired) electrons. The molecule has 0 aliphatic carbocycles. The molecule has 0 atom stereocenters. The Hall–Kier alpha value is -0.860. The Morgan fingerprint density at radius 2 is 2.05 bits per heavy atom. The van der Waals surface area contributed by atoms with E-state index < -0.39 is 0 Å². The fourth-order valence-corrected chi connectivity index (χ4v) is 1.92. The zero-order chi connectivity index (χ0) is 15.5. The van der Waals surface area contributed by atoms with Gasteiger partial charge in [-0.1, -0.05) is 19.0 Å². The second-order valence-corrected chi connectivity index (χ2v) is 5.56. The van der Waals surface area contributed by atoms with Crippen LogP contribution in [0.25, 0.3) is 0 Å². The molecule has 128 valence electrons. The summed E-state index contributed by atoms with van der Waals surface area (Å²) in [5, 5.41) is 10.4. The highest BCUT2D eigenvalue weighted by atomic mass is 127. The van der Waals surface area contributed by atoms with Crippen molar-refractivity contribution in [1.29, 1.82) is 0 Å². The second-order valence-electron chi connectivity index (χ2n) is 5.56. The molecule has 0 saturated heterocycles. The van der Waals surface area contributed by atoms with Crippen LogP contribution in [0.3, 0.4) is 0 Å². The molecule has 7 heteroatoms. The first-order chi connectivity index (χ1) is 10.1. The maximum atomic E-state index is 5.08. The number of nitrogens with zero attached hydrogens (tertiary/aromatic N) is 3. The van der Waals surface area contributed by atoms with Gasteiger partial charge in [-0.15, -0.1) is 24.0 Å². The molecule has 0 fully saturated rings. The highest BCUT2D eigenvalue weighted by Gasteiger charge is 2.02. The molecule has 1 aromatic heterocycles. The van der Waals surface area contributed by atoms with Crippen LogP contribution in [0.4, 0.5) is 0 Å². The fourth-order valence-electron chi connectivity index (χ4n) is 1.92. The van der Waals surface area contributed by atoms with Crippen molar-refractivity contribution in [2.75, 3.05) is 19.6 Å². The number of guanidine groups is 1. The van der Waals surface area contributed by atoms with Crippen LogP contribution in [-0.4, -0.2) is 35.7 Å². The van der Waals surface area contributed by atoms with Crippen molar-refractivity contribution in [2.24, 2.45) is 10.9 Å². The minimum absolute atomic E-state index is 0. The van der Waals surface area contributed by atoms with Gasteiger partial charge in [0, 0.05) is 26.1 Å². The molecule has 6 nitrogen and oxygen atoms in total. The van der Waals surface area contributed by atoms with Crippen molar-refractivity contribution in [1.82, 2.24) is 20.8 Å². The van der Waals surface area contributed by atoms with Crippen molar-refractivity contribution >= 4 is 29.9 Å². The van der Waals surface area contributed by atoms with Gasteiger partial charge >= 0.3 is 0 Å². The molecule has 1 rings (SSSR count). The van der Waals surface area contributed by atoms with Crippen molar-refractivity contribution in [3.63, 3.8) is 0 Å². The number of nitrogens with one attached hydrogen (secondary N) is 2. The Labute approximate surface area is 150 Å². The number of hydrogen-bond donors (Lipinski definition) is 2. The van der Waals surface area contributed by atoms with Crippen LogP contribution in [0, 0.1) is 12.8 Å². The lowest BCUT2D eigenvalue weighted by atomic mass is 10.1. The van der Waals surface area contributed by atoms with E-state index in [9.17, 15) is 0 Å². The summed E-state index contributed by atoms with van der Waals surface area (Å²) in [5.74, 6) is 3.03. The van der Waals surface area contributed by atoms with Gasteiger partial charge in [-0.3, -0.25) is 4.99 Å². The Morgan fingerprint density at radius 1 is 1.27 bits per heavy atom. The lowest BCUT2D eigenvalue weighted by molar-refractivity contribution is 0.372. The number of hydrogen-bond acceptors (Lipinski definition) is 4.